The van der Waals surface area contributed by atoms with Crippen molar-refractivity contribution in [2.75, 3.05) is 6.54 Å². The molecule has 52 valence electrons. The summed E-state index contributed by atoms with van der Waals surface area (Å²) in [5, 5.41) is 0. The van der Waals surface area contributed by atoms with Gasteiger partial charge >= 0.3 is 0 Å². The molecular formula is C7H13NO. The van der Waals surface area contributed by atoms with Gasteiger partial charge in [0.1, 0.15) is 6.10 Å². The Labute approximate surface area is 55.9 Å². The first-order valence-corrected chi connectivity index (χ1v) is 3.44. The molecule has 0 fully saturated rings. The van der Waals surface area contributed by atoms with E-state index in [0.717, 1.165) is 13.0 Å². The first kappa shape index (κ1) is 6.59. The van der Waals surface area contributed by atoms with Crippen LogP contribution in [0.2, 0.25) is 0 Å². The molecule has 1 rings (SSSR count). The Morgan fingerprint density at radius 2 is 2.44 bits per heavy atom. The third-order valence-electron chi connectivity index (χ3n) is 1.60. The second-order valence-electron chi connectivity index (χ2n) is 2.72. The maximum Gasteiger partial charge on any atom is 0.169 e. The van der Waals surface area contributed by atoms with E-state index in [0.29, 0.717) is 12.0 Å². The van der Waals surface area contributed by atoms with Crippen LogP contribution in [0.25, 0.3) is 0 Å². The van der Waals surface area contributed by atoms with Crippen LogP contribution in [0, 0.1) is 5.92 Å². The van der Waals surface area contributed by atoms with Crippen molar-refractivity contribution in [3.05, 3.63) is 0 Å². The fourth-order valence-electron chi connectivity index (χ4n) is 0.934. The summed E-state index contributed by atoms with van der Waals surface area (Å²) in [6.07, 6.45) is 3.06. The van der Waals surface area contributed by atoms with Crippen LogP contribution in [0.3, 0.4) is 0 Å². The van der Waals surface area contributed by atoms with Crippen LogP contribution in [0.5, 0.6) is 0 Å². The van der Waals surface area contributed by atoms with Crippen LogP contribution in [0.4, 0.5) is 0 Å². The lowest BCUT2D eigenvalue weighted by Gasteiger charge is -2.21. The van der Waals surface area contributed by atoms with Gasteiger partial charge in [0, 0.05) is 13.0 Å². The number of rotatable bonds is 1. The Morgan fingerprint density at radius 3 is 2.78 bits per heavy atom. The summed E-state index contributed by atoms with van der Waals surface area (Å²) in [7, 11) is 0. The van der Waals surface area contributed by atoms with Crippen molar-refractivity contribution in [1.82, 2.24) is 0 Å². The van der Waals surface area contributed by atoms with Gasteiger partial charge in [-0.25, -0.2) is 0 Å². The van der Waals surface area contributed by atoms with Crippen molar-refractivity contribution in [2.45, 2.75) is 26.4 Å². The lowest BCUT2D eigenvalue weighted by molar-refractivity contribution is 0.130. The topological polar surface area (TPSA) is 21.6 Å². The smallest absolute Gasteiger partial charge is 0.169 e. The molecule has 0 amide bonds. The molecule has 1 unspecified atom stereocenters. The first-order chi connectivity index (χ1) is 4.30. The highest BCUT2D eigenvalue weighted by Gasteiger charge is 2.14. The number of hydrogen-bond donors (Lipinski definition) is 0. The minimum Gasteiger partial charge on any atom is -0.480 e. The van der Waals surface area contributed by atoms with E-state index in [2.05, 4.69) is 18.8 Å². The number of hydrogen-bond acceptors (Lipinski definition) is 2. The summed E-state index contributed by atoms with van der Waals surface area (Å²) >= 11 is 0. The van der Waals surface area contributed by atoms with Crippen LogP contribution in [0.15, 0.2) is 4.99 Å². The lowest BCUT2D eigenvalue weighted by Crippen LogP contribution is -2.23. The van der Waals surface area contributed by atoms with Crippen LogP contribution in [0.1, 0.15) is 20.3 Å². The van der Waals surface area contributed by atoms with Gasteiger partial charge in [0.05, 0.1) is 0 Å². The van der Waals surface area contributed by atoms with Crippen LogP contribution in [-0.2, 0) is 4.74 Å². The molecule has 0 aromatic heterocycles. The zero-order valence-electron chi connectivity index (χ0n) is 6.00. The fraction of sp³-hybridized carbons (Fsp3) is 0.857. The summed E-state index contributed by atoms with van der Waals surface area (Å²) < 4.78 is 5.25. The Balaban J connectivity index is 2.35. The molecule has 1 atom stereocenters. The average molecular weight is 127 g/mol. The second-order valence-corrected chi connectivity index (χ2v) is 2.72. The summed E-state index contributed by atoms with van der Waals surface area (Å²) in [4.78, 5) is 3.96. The largest absolute Gasteiger partial charge is 0.480 e. The molecule has 0 aromatic carbocycles. The van der Waals surface area contributed by atoms with Crippen LogP contribution in [-0.4, -0.2) is 19.0 Å². The summed E-state index contributed by atoms with van der Waals surface area (Å²) in [5.41, 5.74) is 0. The summed E-state index contributed by atoms with van der Waals surface area (Å²) in [5.74, 6) is 0.622. The van der Waals surface area contributed by atoms with Crippen LogP contribution >= 0.6 is 0 Å². The normalized spacial score (nSPS) is 26.3. The van der Waals surface area contributed by atoms with Gasteiger partial charge in [0.2, 0.25) is 0 Å². The number of aliphatic imine (C=N–C) groups is 1. The van der Waals surface area contributed by atoms with Gasteiger partial charge in [-0.05, 0) is 5.92 Å². The van der Waals surface area contributed by atoms with Crippen molar-refractivity contribution in [3.8, 4) is 0 Å². The zero-order chi connectivity index (χ0) is 6.69. The SMILES string of the molecule is CC(C)C1CCN=CO1. The number of ether oxygens (including phenoxy) is 1. The third-order valence-corrected chi connectivity index (χ3v) is 1.60. The summed E-state index contributed by atoms with van der Waals surface area (Å²) in [6, 6.07) is 0. The van der Waals surface area contributed by atoms with E-state index < -0.39 is 0 Å². The Morgan fingerprint density at radius 1 is 1.67 bits per heavy atom. The molecule has 9 heavy (non-hydrogen) atoms. The van der Waals surface area contributed by atoms with E-state index in [4.69, 9.17) is 4.74 Å². The molecule has 1 aliphatic heterocycles. The molecule has 0 N–H and O–H groups in total. The Kier molecular flexibility index (Phi) is 2.09. The van der Waals surface area contributed by atoms with Gasteiger partial charge in [0.25, 0.3) is 0 Å². The van der Waals surface area contributed by atoms with Gasteiger partial charge < -0.3 is 4.74 Å². The molecule has 0 saturated carbocycles. The van der Waals surface area contributed by atoms with Crippen molar-refractivity contribution in [1.29, 1.82) is 0 Å². The monoisotopic (exact) mass is 127 g/mol. The molecule has 0 spiro atoms. The minimum atomic E-state index is 0.405. The lowest BCUT2D eigenvalue weighted by atomic mass is 10.0. The van der Waals surface area contributed by atoms with E-state index in [1.54, 1.807) is 6.40 Å². The predicted molar refractivity (Wildman–Crippen MR) is 37.7 cm³/mol. The van der Waals surface area contributed by atoms with E-state index in [-0.39, 0.29) is 0 Å². The molecule has 0 bridgehead atoms. The van der Waals surface area contributed by atoms with E-state index in [1.165, 1.54) is 0 Å². The highest BCUT2D eigenvalue weighted by atomic mass is 16.5. The minimum absolute atomic E-state index is 0.405. The molecule has 0 radical (unpaired) electrons. The van der Waals surface area contributed by atoms with E-state index >= 15 is 0 Å². The molecule has 1 heterocycles. The molecule has 0 aromatic rings. The highest BCUT2D eigenvalue weighted by Crippen LogP contribution is 2.12. The predicted octanol–water partition coefficient (Wildman–Crippen LogP) is 1.46. The van der Waals surface area contributed by atoms with Crippen molar-refractivity contribution >= 4 is 6.40 Å². The Hall–Kier alpha value is -0.530. The standard InChI is InChI=1S/C7H13NO/c1-6(2)7-3-4-8-5-9-7/h5-7H,3-4H2,1-2H3. The highest BCUT2D eigenvalue weighted by molar-refractivity contribution is 5.47. The molecular weight excluding hydrogens is 114 g/mol. The van der Waals surface area contributed by atoms with Crippen molar-refractivity contribution in [2.24, 2.45) is 10.9 Å². The second kappa shape index (κ2) is 2.85. The first-order valence-electron chi connectivity index (χ1n) is 3.44. The van der Waals surface area contributed by atoms with E-state index in [9.17, 15) is 0 Å². The molecule has 0 saturated heterocycles. The molecule has 2 heteroatoms. The summed E-state index contributed by atoms with van der Waals surface area (Å²) in [6.45, 7) is 5.27. The average Bonchev–Trinajstić information content (AvgIpc) is 1.90. The van der Waals surface area contributed by atoms with Gasteiger partial charge in [0.15, 0.2) is 6.40 Å². The molecule has 1 aliphatic rings. The van der Waals surface area contributed by atoms with E-state index in [1.807, 2.05) is 0 Å². The van der Waals surface area contributed by atoms with Gasteiger partial charge in [-0.3, -0.25) is 4.99 Å². The molecule has 2 nitrogen and oxygen atoms in total. The quantitative estimate of drug-likeness (QED) is 0.522. The van der Waals surface area contributed by atoms with Gasteiger partial charge in [-0.15, -0.1) is 0 Å². The molecule has 0 aliphatic carbocycles. The number of nitrogens with zero attached hydrogens (tertiary/aromatic N) is 1. The van der Waals surface area contributed by atoms with Crippen LogP contribution < -0.4 is 0 Å². The fourth-order valence-corrected chi connectivity index (χ4v) is 0.934. The maximum absolute atomic E-state index is 5.25. The third kappa shape index (κ3) is 1.70. The zero-order valence-corrected chi connectivity index (χ0v) is 6.00. The maximum atomic E-state index is 5.25. The Bertz CT molecular complexity index is 109. The van der Waals surface area contributed by atoms with Crippen molar-refractivity contribution < 1.29 is 4.74 Å². The van der Waals surface area contributed by atoms with Gasteiger partial charge in [-0.1, -0.05) is 13.8 Å². The van der Waals surface area contributed by atoms with Crippen molar-refractivity contribution in [3.63, 3.8) is 0 Å². The van der Waals surface area contributed by atoms with Gasteiger partial charge in [-0.2, -0.15) is 0 Å².